The summed E-state index contributed by atoms with van der Waals surface area (Å²) in [7, 11) is 0. The Morgan fingerprint density at radius 2 is 1.73 bits per heavy atom. The fourth-order valence-electron chi connectivity index (χ4n) is 4.47. The van der Waals surface area contributed by atoms with Crippen molar-refractivity contribution in [1.29, 1.82) is 0 Å². The Morgan fingerprint density at radius 3 is 2.48 bits per heavy atom. The Kier molecular flexibility index (Phi) is 5.94. The predicted molar refractivity (Wildman–Crippen MR) is 132 cm³/mol. The summed E-state index contributed by atoms with van der Waals surface area (Å²) < 4.78 is 2.03. The first-order valence-corrected chi connectivity index (χ1v) is 11.5. The van der Waals surface area contributed by atoms with Gasteiger partial charge >= 0.3 is 0 Å². The van der Waals surface area contributed by atoms with Crippen molar-refractivity contribution in [2.24, 2.45) is 0 Å². The number of amides is 1. The molecule has 1 amide bonds. The number of hydrogen-bond acceptors (Lipinski definition) is 3. The van der Waals surface area contributed by atoms with Gasteiger partial charge in [0, 0.05) is 49.0 Å². The van der Waals surface area contributed by atoms with Crippen LogP contribution in [0.2, 0.25) is 0 Å². The molecule has 3 aromatic carbocycles. The third-order valence-corrected chi connectivity index (χ3v) is 6.29. The molecule has 33 heavy (non-hydrogen) atoms. The second-order valence-electron chi connectivity index (χ2n) is 8.54. The van der Waals surface area contributed by atoms with E-state index in [1.807, 2.05) is 54.1 Å². The van der Waals surface area contributed by atoms with Crippen LogP contribution in [-0.2, 0) is 19.5 Å². The van der Waals surface area contributed by atoms with Gasteiger partial charge in [0.2, 0.25) is 0 Å². The molecule has 1 aliphatic rings. The smallest absolute Gasteiger partial charge is 0.251 e. The van der Waals surface area contributed by atoms with E-state index in [1.54, 1.807) is 6.20 Å². The van der Waals surface area contributed by atoms with Crippen LogP contribution in [0.15, 0.2) is 85.2 Å². The summed E-state index contributed by atoms with van der Waals surface area (Å²) in [5.74, 6) is 0.892. The number of aryl methyl sites for hydroxylation is 2. The average Bonchev–Trinajstić information content (AvgIpc) is 3.29. The van der Waals surface area contributed by atoms with Crippen LogP contribution in [-0.4, -0.2) is 22.0 Å². The normalized spacial score (nSPS) is 12.9. The summed E-state index contributed by atoms with van der Waals surface area (Å²) in [4.78, 5) is 19.3. The molecule has 2 heterocycles. The highest BCUT2D eigenvalue weighted by Crippen LogP contribution is 2.28. The SMILES string of the molecule is Cc1nccn1-c1ccc(CNC(=O)c2ccc(CN3CCCc4ccccc43)cc2)cc1. The lowest BCUT2D eigenvalue weighted by Gasteiger charge is -2.31. The number of aromatic nitrogens is 2. The number of para-hydroxylation sites is 1. The van der Waals surface area contributed by atoms with Gasteiger partial charge in [0.15, 0.2) is 0 Å². The molecule has 4 aromatic rings. The van der Waals surface area contributed by atoms with Gasteiger partial charge in [-0.15, -0.1) is 0 Å². The molecule has 0 saturated carbocycles. The van der Waals surface area contributed by atoms with Crippen molar-refractivity contribution in [2.45, 2.75) is 32.9 Å². The Morgan fingerprint density at radius 1 is 0.970 bits per heavy atom. The van der Waals surface area contributed by atoms with Crippen molar-refractivity contribution in [3.05, 3.63) is 113 Å². The molecule has 166 valence electrons. The molecule has 0 bridgehead atoms. The molecular weight excluding hydrogens is 408 g/mol. The van der Waals surface area contributed by atoms with Gasteiger partial charge in [-0.3, -0.25) is 4.79 Å². The summed E-state index contributed by atoms with van der Waals surface area (Å²) in [5, 5.41) is 3.03. The molecule has 0 spiro atoms. The number of carbonyl (C=O) groups is 1. The van der Waals surface area contributed by atoms with Crippen LogP contribution in [0.4, 0.5) is 5.69 Å². The van der Waals surface area contributed by atoms with E-state index < -0.39 is 0 Å². The van der Waals surface area contributed by atoms with E-state index >= 15 is 0 Å². The van der Waals surface area contributed by atoms with E-state index in [0.29, 0.717) is 12.1 Å². The van der Waals surface area contributed by atoms with E-state index in [-0.39, 0.29) is 5.91 Å². The quantitative estimate of drug-likeness (QED) is 0.459. The molecule has 0 aliphatic carbocycles. The summed E-state index contributed by atoms with van der Waals surface area (Å²) in [6.45, 7) is 4.40. The van der Waals surface area contributed by atoms with Gasteiger partial charge in [0.1, 0.15) is 5.82 Å². The van der Waals surface area contributed by atoms with Crippen LogP contribution in [0.25, 0.3) is 5.69 Å². The van der Waals surface area contributed by atoms with E-state index in [0.717, 1.165) is 36.6 Å². The highest BCUT2D eigenvalue weighted by atomic mass is 16.1. The number of hydrogen-bond donors (Lipinski definition) is 1. The summed E-state index contributed by atoms with van der Waals surface area (Å²) in [5.41, 5.74) is 6.78. The number of nitrogens with one attached hydrogen (secondary N) is 1. The van der Waals surface area contributed by atoms with Gasteiger partial charge in [-0.1, -0.05) is 42.5 Å². The summed E-state index contributed by atoms with van der Waals surface area (Å²) in [6.07, 6.45) is 6.07. The van der Waals surface area contributed by atoms with Crippen LogP contribution >= 0.6 is 0 Å². The molecule has 5 rings (SSSR count). The summed E-state index contributed by atoms with van der Waals surface area (Å²) >= 11 is 0. The van der Waals surface area contributed by atoms with E-state index in [2.05, 4.69) is 51.6 Å². The van der Waals surface area contributed by atoms with Crippen LogP contribution in [0.5, 0.6) is 0 Å². The van der Waals surface area contributed by atoms with E-state index in [9.17, 15) is 4.79 Å². The average molecular weight is 437 g/mol. The lowest BCUT2D eigenvalue weighted by Crippen LogP contribution is -2.28. The Hall–Kier alpha value is -3.86. The maximum atomic E-state index is 12.6. The largest absolute Gasteiger partial charge is 0.367 e. The van der Waals surface area contributed by atoms with Gasteiger partial charge in [0.25, 0.3) is 5.91 Å². The van der Waals surface area contributed by atoms with Crippen LogP contribution in [0.3, 0.4) is 0 Å². The molecule has 0 saturated heterocycles. The molecule has 5 nitrogen and oxygen atoms in total. The number of anilines is 1. The second kappa shape index (κ2) is 9.33. The molecule has 0 fully saturated rings. The van der Waals surface area contributed by atoms with E-state index in [4.69, 9.17) is 0 Å². The van der Waals surface area contributed by atoms with Crippen molar-refractivity contribution in [1.82, 2.24) is 14.9 Å². The highest BCUT2D eigenvalue weighted by molar-refractivity contribution is 5.94. The minimum Gasteiger partial charge on any atom is -0.367 e. The zero-order valence-corrected chi connectivity index (χ0v) is 18.9. The molecule has 0 radical (unpaired) electrons. The number of benzene rings is 3. The number of imidazole rings is 1. The minimum absolute atomic E-state index is 0.0561. The first-order chi connectivity index (χ1) is 16.2. The van der Waals surface area contributed by atoms with Crippen molar-refractivity contribution >= 4 is 11.6 Å². The lowest BCUT2D eigenvalue weighted by atomic mass is 10.0. The molecular formula is C28H28N4O. The molecule has 0 atom stereocenters. The van der Waals surface area contributed by atoms with Crippen LogP contribution < -0.4 is 10.2 Å². The first kappa shape index (κ1) is 21.0. The fourth-order valence-corrected chi connectivity index (χ4v) is 4.47. The highest BCUT2D eigenvalue weighted by Gasteiger charge is 2.16. The zero-order chi connectivity index (χ0) is 22.6. The van der Waals surface area contributed by atoms with Gasteiger partial charge in [-0.05, 0) is 66.8 Å². The first-order valence-electron chi connectivity index (χ1n) is 11.5. The van der Waals surface area contributed by atoms with Gasteiger partial charge < -0.3 is 14.8 Å². The van der Waals surface area contributed by atoms with Gasteiger partial charge in [-0.25, -0.2) is 4.98 Å². The third-order valence-electron chi connectivity index (χ3n) is 6.29. The van der Waals surface area contributed by atoms with Crippen molar-refractivity contribution in [3.8, 4) is 5.69 Å². The standard InChI is InChI=1S/C28H28N4O/c1-21-29-16-18-32(21)26-14-10-22(11-15-26)19-30-28(33)25-12-8-23(9-13-25)20-31-17-4-6-24-5-2-3-7-27(24)31/h2-3,5,7-16,18H,4,6,17,19-20H2,1H3,(H,30,33). The van der Waals surface area contributed by atoms with Crippen LogP contribution in [0, 0.1) is 6.92 Å². The Balaban J connectivity index is 1.18. The maximum Gasteiger partial charge on any atom is 0.251 e. The molecule has 5 heteroatoms. The number of nitrogens with zero attached hydrogens (tertiary/aromatic N) is 3. The van der Waals surface area contributed by atoms with E-state index in [1.165, 1.54) is 23.2 Å². The van der Waals surface area contributed by atoms with Crippen molar-refractivity contribution < 1.29 is 4.79 Å². The monoisotopic (exact) mass is 436 g/mol. The minimum atomic E-state index is -0.0561. The Bertz CT molecular complexity index is 1240. The molecule has 1 aromatic heterocycles. The molecule has 1 N–H and O–H groups in total. The number of rotatable bonds is 6. The Labute approximate surface area is 194 Å². The number of carbonyl (C=O) groups excluding carboxylic acids is 1. The van der Waals surface area contributed by atoms with Crippen molar-refractivity contribution in [3.63, 3.8) is 0 Å². The number of fused-ring (bicyclic) bond motifs is 1. The zero-order valence-electron chi connectivity index (χ0n) is 18.9. The van der Waals surface area contributed by atoms with Gasteiger partial charge in [-0.2, -0.15) is 0 Å². The summed E-state index contributed by atoms with van der Waals surface area (Å²) in [6, 6.07) is 24.8. The predicted octanol–water partition coefficient (Wildman–Crippen LogP) is 5.06. The molecule has 0 unspecified atom stereocenters. The topological polar surface area (TPSA) is 50.2 Å². The second-order valence-corrected chi connectivity index (χ2v) is 8.54. The van der Waals surface area contributed by atoms with Gasteiger partial charge in [0.05, 0.1) is 0 Å². The maximum absolute atomic E-state index is 12.6. The van der Waals surface area contributed by atoms with Crippen molar-refractivity contribution in [2.75, 3.05) is 11.4 Å². The lowest BCUT2D eigenvalue weighted by molar-refractivity contribution is 0.0951. The third kappa shape index (κ3) is 4.67. The van der Waals surface area contributed by atoms with Crippen LogP contribution in [0.1, 0.15) is 39.3 Å². The fraction of sp³-hybridized carbons (Fsp3) is 0.214. The molecule has 1 aliphatic heterocycles.